The second kappa shape index (κ2) is 9.31. The van der Waals surface area contributed by atoms with E-state index in [0.717, 1.165) is 5.56 Å². The van der Waals surface area contributed by atoms with Gasteiger partial charge in [-0.25, -0.2) is 0 Å². The van der Waals surface area contributed by atoms with Gasteiger partial charge in [0.2, 0.25) is 5.91 Å². The van der Waals surface area contributed by atoms with Gasteiger partial charge < -0.3 is 14.8 Å². The molecule has 7 nitrogen and oxygen atoms in total. The smallest absolute Gasteiger partial charge is 0.303 e. The van der Waals surface area contributed by atoms with Crippen LogP contribution in [-0.2, 0) is 23.9 Å². The number of halogens is 1. The standard InChI is InChI=1S/C18H23IN2O5/c1-11(22)20-15-9-21(18(19)14-7-5-4-6-8-14)16(10-25-12(2)23)17(15)26-13(3)24/h4-8,15-18H,9-10H2,1-3H3,(H,20,22). The molecule has 142 valence electrons. The van der Waals surface area contributed by atoms with E-state index in [9.17, 15) is 14.4 Å². The SMILES string of the molecule is CC(=O)NC1CN(C(I)c2ccccc2)C(COC(C)=O)C1OC(C)=O. The fraction of sp³-hybridized carbons (Fsp3) is 0.500. The molecule has 1 fully saturated rings. The molecule has 1 aromatic carbocycles. The van der Waals surface area contributed by atoms with Crippen molar-refractivity contribution in [3.05, 3.63) is 35.9 Å². The van der Waals surface area contributed by atoms with Crippen LogP contribution in [0.25, 0.3) is 0 Å². The Kier molecular flexibility index (Phi) is 7.39. The van der Waals surface area contributed by atoms with E-state index in [4.69, 9.17) is 9.47 Å². The summed E-state index contributed by atoms with van der Waals surface area (Å²) < 4.78 is 10.7. The van der Waals surface area contributed by atoms with Crippen LogP contribution >= 0.6 is 22.6 Å². The molecule has 1 heterocycles. The maximum atomic E-state index is 11.6. The minimum absolute atomic E-state index is 0.0359. The number of ether oxygens (including phenoxy) is 2. The molecule has 0 aliphatic carbocycles. The summed E-state index contributed by atoms with van der Waals surface area (Å²) in [7, 11) is 0. The molecule has 0 saturated carbocycles. The van der Waals surface area contributed by atoms with Gasteiger partial charge in [0.15, 0.2) is 0 Å². The van der Waals surface area contributed by atoms with Gasteiger partial charge in [-0.05, 0) is 5.56 Å². The zero-order chi connectivity index (χ0) is 19.3. The molecule has 4 atom stereocenters. The summed E-state index contributed by atoms with van der Waals surface area (Å²) >= 11 is 2.30. The van der Waals surface area contributed by atoms with Gasteiger partial charge >= 0.3 is 11.9 Å². The van der Waals surface area contributed by atoms with Gasteiger partial charge in [-0.1, -0.05) is 52.9 Å². The second-order valence-corrected chi connectivity index (χ2v) is 7.37. The number of rotatable bonds is 6. The second-order valence-electron chi connectivity index (χ2n) is 6.19. The number of amides is 1. The molecule has 1 aliphatic heterocycles. The van der Waals surface area contributed by atoms with E-state index in [1.807, 2.05) is 30.3 Å². The van der Waals surface area contributed by atoms with Crippen molar-refractivity contribution in [3.8, 4) is 0 Å². The largest absolute Gasteiger partial charge is 0.464 e. The number of nitrogens with zero attached hydrogens (tertiary/aromatic N) is 1. The van der Waals surface area contributed by atoms with E-state index in [2.05, 4.69) is 32.8 Å². The zero-order valence-electron chi connectivity index (χ0n) is 15.0. The Labute approximate surface area is 166 Å². The molecule has 0 bridgehead atoms. The molecule has 1 N–H and O–H groups in total. The van der Waals surface area contributed by atoms with Crippen molar-refractivity contribution in [2.75, 3.05) is 13.2 Å². The Balaban J connectivity index is 2.31. The highest BCUT2D eigenvalue weighted by Crippen LogP contribution is 2.36. The van der Waals surface area contributed by atoms with Gasteiger partial charge in [0.05, 0.1) is 16.1 Å². The molecule has 1 aliphatic rings. The predicted octanol–water partition coefficient (Wildman–Crippen LogP) is 1.80. The minimum atomic E-state index is -0.600. The van der Waals surface area contributed by atoms with Crippen LogP contribution in [0.4, 0.5) is 0 Å². The molecule has 1 saturated heterocycles. The first-order valence-electron chi connectivity index (χ1n) is 8.32. The number of likely N-dealkylation sites (tertiary alicyclic amines) is 1. The highest BCUT2D eigenvalue weighted by molar-refractivity contribution is 14.1. The van der Waals surface area contributed by atoms with Gasteiger partial charge in [-0.2, -0.15) is 0 Å². The lowest BCUT2D eigenvalue weighted by Gasteiger charge is -2.31. The van der Waals surface area contributed by atoms with E-state index < -0.39 is 18.0 Å². The van der Waals surface area contributed by atoms with Crippen molar-refractivity contribution in [3.63, 3.8) is 0 Å². The monoisotopic (exact) mass is 474 g/mol. The molecule has 4 unspecified atom stereocenters. The number of esters is 2. The summed E-state index contributed by atoms with van der Waals surface area (Å²) in [5.41, 5.74) is 1.07. The van der Waals surface area contributed by atoms with Crippen LogP contribution in [0.1, 0.15) is 30.4 Å². The first-order valence-corrected chi connectivity index (χ1v) is 9.56. The van der Waals surface area contributed by atoms with Crippen molar-refractivity contribution >= 4 is 40.4 Å². The molecule has 26 heavy (non-hydrogen) atoms. The third-order valence-electron chi connectivity index (χ3n) is 4.12. The first kappa shape index (κ1) is 20.6. The molecular formula is C18H23IN2O5. The number of nitrogens with one attached hydrogen (secondary N) is 1. The van der Waals surface area contributed by atoms with Crippen LogP contribution in [0.3, 0.4) is 0 Å². The molecule has 0 aromatic heterocycles. The van der Waals surface area contributed by atoms with Crippen molar-refractivity contribution in [2.45, 2.75) is 43.0 Å². The van der Waals surface area contributed by atoms with E-state index >= 15 is 0 Å². The van der Waals surface area contributed by atoms with Crippen LogP contribution in [0, 0.1) is 0 Å². The Bertz CT molecular complexity index is 654. The maximum Gasteiger partial charge on any atom is 0.303 e. The van der Waals surface area contributed by atoms with Crippen molar-refractivity contribution in [1.29, 1.82) is 0 Å². The van der Waals surface area contributed by atoms with Crippen LogP contribution < -0.4 is 5.32 Å². The summed E-state index contributed by atoms with van der Waals surface area (Å²) in [4.78, 5) is 36.6. The number of hydrogen-bond acceptors (Lipinski definition) is 6. The van der Waals surface area contributed by atoms with Gasteiger partial charge in [0, 0.05) is 27.3 Å². The first-order chi connectivity index (χ1) is 12.3. The molecular weight excluding hydrogens is 451 g/mol. The Morgan fingerprint density at radius 2 is 1.85 bits per heavy atom. The zero-order valence-corrected chi connectivity index (χ0v) is 17.1. The molecule has 0 radical (unpaired) electrons. The van der Waals surface area contributed by atoms with Crippen molar-refractivity contribution in [2.24, 2.45) is 0 Å². The number of benzene rings is 1. The van der Waals surface area contributed by atoms with Crippen LogP contribution in [0.5, 0.6) is 0 Å². The number of hydrogen-bond donors (Lipinski definition) is 1. The fourth-order valence-corrected chi connectivity index (χ4v) is 4.18. The summed E-state index contributed by atoms with van der Waals surface area (Å²) in [6.45, 7) is 4.65. The van der Waals surface area contributed by atoms with Crippen LogP contribution in [0.15, 0.2) is 30.3 Å². The number of alkyl halides is 1. The van der Waals surface area contributed by atoms with Gasteiger partial charge in [-0.15, -0.1) is 0 Å². The van der Waals surface area contributed by atoms with Crippen LogP contribution in [-0.4, -0.2) is 54.1 Å². The Morgan fingerprint density at radius 1 is 1.19 bits per heavy atom. The lowest BCUT2D eigenvalue weighted by molar-refractivity contribution is -0.152. The lowest BCUT2D eigenvalue weighted by Crippen LogP contribution is -2.47. The summed E-state index contributed by atoms with van der Waals surface area (Å²) in [5.74, 6) is -1.05. The molecule has 0 spiro atoms. The summed E-state index contributed by atoms with van der Waals surface area (Å²) in [6, 6.07) is 9.12. The summed E-state index contributed by atoms with van der Waals surface area (Å²) in [6.07, 6.45) is -0.600. The number of carbonyl (C=O) groups excluding carboxylic acids is 3. The van der Waals surface area contributed by atoms with E-state index in [0.29, 0.717) is 6.54 Å². The highest BCUT2D eigenvalue weighted by atomic mass is 127. The lowest BCUT2D eigenvalue weighted by atomic mass is 10.1. The van der Waals surface area contributed by atoms with Gasteiger partial charge in [0.1, 0.15) is 12.7 Å². The van der Waals surface area contributed by atoms with E-state index in [1.54, 1.807) is 0 Å². The third-order valence-corrected chi connectivity index (χ3v) is 5.56. The van der Waals surface area contributed by atoms with Gasteiger partial charge in [-0.3, -0.25) is 19.3 Å². The molecule has 1 aromatic rings. The predicted molar refractivity (Wildman–Crippen MR) is 103 cm³/mol. The Hall–Kier alpha value is -1.68. The van der Waals surface area contributed by atoms with Crippen molar-refractivity contribution in [1.82, 2.24) is 10.2 Å². The van der Waals surface area contributed by atoms with E-state index in [-0.39, 0.29) is 28.6 Å². The molecule has 2 rings (SSSR count). The minimum Gasteiger partial charge on any atom is -0.464 e. The molecule has 8 heteroatoms. The molecule has 1 amide bonds. The van der Waals surface area contributed by atoms with E-state index in [1.165, 1.54) is 20.8 Å². The quantitative estimate of drug-likeness (QED) is 0.293. The Morgan fingerprint density at radius 3 is 2.38 bits per heavy atom. The van der Waals surface area contributed by atoms with Crippen LogP contribution in [0.2, 0.25) is 0 Å². The fourth-order valence-electron chi connectivity index (χ4n) is 3.12. The normalized spacial score (nSPS) is 23.9. The topological polar surface area (TPSA) is 84.9 Å². The summed E-state index contributed by atoms with van der Waals surface area (Å²) in [5, 5.41) is 2.85. The maximum absolute atomic E-state index is 11.6. The average molecular weight is 474 g/mol. The van der Waals surface area contributed by atoms with Crippen molar-refractivity contribution < 1.29 is 23.9 Å². The highest BCUT2D eigenvalue weighted by Gasteiger charge is 2.47. The van der Waals surface area contributed by atoms with Gasteiger partial charge in [0.25, 0.3) is 0 Å². The average Bonchev–Trinajstić information content (AvgIpc) is 2.89. The third kappa shape index (κ3) is 5.41. The number of carbonyl (C=O) groups is 3.